The predicted molar refractivity (Wildman–Crippen MR) is 85.7 cm³/mol. The molecule has 0 aromatic heterocycles. The highest BCUT2D eigenvalue weighted by molar-refractivity contribution is 6.07. The number of ether oxygens (including phenoxy) is 1. The van der Waals surface area contributed by atoms with Crippen LogP contribution in [0.2, 0.25) is 0 Å². The van der Waals surface area contributed by atoms with E-state index < -0.39 is 5.41 Å². The molecule has 2 aliphatic rings. The number of Topliss-reactive ketones (excluding diaryl/α,β-unsaturated/α-hetero) is 2. The molecule has 0 spiro atoms. The van der Waals surface area contributed by atoms with Crippen molar-refractivity contribution in [2.24, 2.45) is 11.3 Å². The summed E-state index contributed by atoms with van der Waals surface area (Å²) in [5.74, 6) is 1.20. The zero-order valence-electron chi connectivity index (χ0n) is 13.2. The zero-order chi connectivity index (χ0) is 15.7. The number of benzene rings is 1. The number of allylic oxidation sites excluding steroid dienone is 1. The van der Waals surface area contributed by atoms with E-state index in [1.807, 2.05) is 37.3 Å². The van der Waals surface area contributed by atoms with Crippen LogP contribution >= 0.6 is 0 Å². The minimum absolute atomic E-state index is 0.0678. The van der Waals surface area contributed by atoms with Gasteiger partial charge in [-0.3, -0.25) is 9.59 Å². The van der Waals surface area contributed by atoms with E-state index in [1.165, 1.54) is 0 Å². The van der Waals surface area contributed by atoms with E-state index in [0.717, 1.165) is 36.1 Å². The van der Waals surface area contributed by atoms with Gasteiger partial charge in [-0.05, 0) is 55.0 Å². The molecule has 22 heavy (non-hydrogen) atoms. The third kappa shape index (κ3) is 2.49. The van der Waals surface area contributed by atoms with Gasteiger partial charge >= 0.3 is 0 Å². The zero-order valence-corrected chi connectivity index (χ0v) is 13.2. The third-order valence-corrected chi connectivity index (χ3v) is 5.25. The summed E-state index contributed by atoms with van der Waals surface area (Å²) in [7, 11) is 1.64. The molecule has 2 atom stereocenters. The number of carbonyl (C=O) groups excluding carboxylic acids is 2. The van der Waals surface area contributed by atoms with E-state index in [-0.39, 0.29) is 17.5 Å². The lowest BCUT2D eigenvalue weighted by atomic mass is 9.58. The minimum atomic E-state index is -0.480. The minimum Gasteiger partial charge on any atom is -0.497 e. The van der Waals surface area contributed by atoms with Crippen LogP contribution in [0.5, 0.6) is 5.75 Å². The van der Waals surface area contributed by atoms with Crippen LogP contribution in [0.4, 0.5) is 0 Å². The Balaban J connectivity index is 1.87. The first-order valence-corrected chi connectivity index (χ1v) is 7.97. The predicted octanol–water partition coefficient (Wildman–Crippen LogP) is 3.82. The molecule has 0 radical (unpaired) electrons. The molecule has 0 bridgehead atoms. The van der Waals surface area contributed by atoms with Gasteiger partial charge < -0.3 is 4.74 Å². The smallest absolute Gasteiger partial charge is 0.165 e. The number of hydrogen-bond acceptors (Lipinski definition) is 3. The molecule has 0 N–H and O–H groups in total. The molecule has 3 rings (SSSR count). The van der Waals surface area contributed by atoms with Crippen LogP contribution in [0.1, 0.15) is 44.6 Å². The second-order valence-electron chi connectivity index (χ2n) is 6.60. The monoisotopic (exact) mass is 298 g/mol. The second-order valence-corrected chi connectivity index (χ2v) is 6.60. The van der Waals surface area contributed by atoms with Gasteiger partial charge in [0.2, 0.25) is 0 Å². The first kappa shape index (κ1) is 15.0. The molecule has 116 valence electrons. The van der Waals surface area contributed by atoms with Crippen molar-refractivity contribution in [3.63, 3.8) is 0 Å². The van der Waals surface area contributed by atoms with Gasteiger partial charge in [-0.25, -0.2) is 0 Å². The molecule has 0 aliphatic heterocycles. The van der Waals surface area contributed by atoms with Crippen molar-refractivity contribution in [3.05, 3.63) is 35.4 Å². The Labute approximate surface area is 131 Å². The van der Waals surface area contributed by atoms with E-state index in [9.17, 15) is 9.59 Å². The van der Waals surface area contributed by atoms with Crippen LogP contribution in [0, 0.1) is 11.3 Å². The highest BCUT2D eigenvalue weighted by Crippen LogP contribution is 2.48. The lowest BCUT2D eigenvalue weighted by molar-refractivity contribution is -0.142. The van der Waals surface area contributed by atoms with Crippen molar-refractivity contribution in [1.82, 2.24) is 0 Å². The number of fused-ring (bicyclic) bond motifs is 1. The van der Waals surface area contributed by atoms with Crippen LogP contribution in [-0.4, -0.2) is 18.7 Å². The van der Waals surface area contributed by atoms with Gasteiger partial charge in [0.25, 0.3) is 0 Å². The van der Waals surface area contributed by atoms with E-state index in [1.54, 1.807) is 7.11 Å². The summed E-state index contributed by atoms with van der Waals surface area (Å²) >= 11 is 0. The SMILES string of the molecule is COc1ccc(/C=C2/CCC3C(=O)CCCC3(C)C2=O)cc1. The first-order valence-electron chi connectivity index (χ1n) is 7.97. The molecular formula is C19H22O3. The highest BCUT2D eigenvalue weighted by atomic mass is 16.5. The topological polar surface area (TPSA) is 43.4 Å². The maximum atomic E-state index is 12.9. The normalized spacial score (nSPS) is 30.3. The Hall–Kier alpha value is -1.90. The second kappa shape index (κ2) is 5.71. The van der Waals surface area contributed by atoms with Crippen LogP contribution < -0.4 is 4.74 Å². The molecule has 0 saturated heterocycles. The highest BCUT2D eigenvalue weighted by Gasteiger charge is 2.49. The number of methoxy groups -OCH3 is 1. The summed E-state index contributed by atoms with van der Waals surface area (Å²) in [5.41, 5.74) is 1.39. The molecular weight excluding hydrogens is 276 g/mol. The molecule has 2 aliphatic carbocycles. The van der Waals surface area contributed by atoms with Crippen LogP contribution in [0.15, 0.2) is 29.8 Å². The van der Waals surface area contributed by atoms with Gasteiger partial charge in [0.05, 0.1) is 7.11 Å². The lowest BCUT2D eigenvalue weighted by Gasteiger charge is -2.43. The summed E-state index contributed by atoms with van der Waals surface area (Å²) in [4.78, 5) is 25.0. The van der Waals surface area contributed by atoms with Gasteiger partial charge in [-0.1, -0.05) is 19.1 Å². The number of ketones is 2. The summed E-state index contributed by atoms with van der Waals surface area (Å²) in [6, 6.07) is 7.71. The Morgan fingerprint density at radius 3 is 2.59 bits per heavy atom. The molecule has 0 amide bonds. The molecule has 0 heterocycles. The van der Waals surface area contributed by atoms with E-state index in [2.05, 4.69) is 0 Å². The fourth-order valence-electron chi connectivity index (χ4n) is 3.90. The fourth-order valence-corrected chi connectivity index (χ4v) is 3.90. The Morgan fingerprint density at radius 2 is 1.91 bits per heavy atom. The van der Waals surface area contributed by atoms with E-state index in [4.69, 9.17) is 4.74 Å². The number of carbonyl (C=O) groups is 2. The first-order chi connectivity index (χ1) is 10.5. The van der Waals surface area contributed by atoms with Crippen LogP contribution in [0.3, 0.4) is 0 Å². The van der Waals surface area contributed by atoms with Crippen molar-refractivity contribution in [1.29, 1.82) is 0 Å². The standard InChI is InChI=1S/C19H22O3/c1-19-11-3-4-17(20)16(19)10-7-14(18(19)21)12-13-5-8-15(22-2)9-6-13/h5-6,8-9,12,16H,3-4,7,10-11H2,1-2H3/b14-12-. The van der Waals surface area contributed by atoms with Crippen LogP contribution in [-0.2, 0) is 9.59 Å². The van der Waals surface area contributed by atoms with Gasteiger partial charge in [0.15, 0.2) is 5.78 Å². The summed E-state index contributed by atoms with van der Waals surface area (Å²) < 4.78 is 5.15. The maximum absolute atomic E-state index is 12.9. The fraction of sp³-hybridized carbons (Fsp3) is 0.474. The largest absolute Gasteiger partial charge is 0.497 e. The average molecular weight is 298 g/mol. The van der Waals surface area contributed by atoms with Crippen LogP contribution in [0.25, 0.3) is 6.08 Å². The van der Waals surface area contributed by atoms with E-state index >= 15 is 0 Å². The average Bonchev–Trinajstić information content (AvgIpc) is 2.52. The lowest BCUT2D eigenvalue weighted by Crippen LogP contribution is -2.46. The number of rotatable bonds is 2. The van der Waals surface area contributed by atoms with Crippen molar-refractivity contribution >= 4 is 17.6 Å². The molecule has 2 unspecified atom stereocenters. The van der Waals surface area contributed by atoms with Crippen molar-refractivity contribution < 1.29 is 14.3 Å². The van der Waals surface area contributed by atoms with Gasteiger partial charge in [-0.15, -0.1) is 0 Å². The molecule has 2 fully saturated rings. The number of hydrogen-bond donors (Lipinski definition) is 0. The van der Waals surface area contributed by atoms with Gasteiger partial charge in [0, 0.05) is 17.8 Å². The molecule has 1 aromatic carbocycles. The third-order valence-electron chi connectivity index (χ3n) is 5.25. The summed E-state index contributed by atoms with van der Waals surface area (Å²) in [6.45, 7) is 1.98. The Morgan fingerprint density at radius 1 is 1.18 bits per heavy atom. The quantitative estimate of drug-likeness (QED) is 0.780. The summed E-state index contributed by atoms with van der Waals surface area (Å²) in [6.07, 6.45) is 5.81. The molecule has 1 aromatic rings. The Kier molecular flexibility index (Phi) is 3.90. The van der Waals surface area contributed by atoms with Crippen molar-refractivity contribution in [2.45, 2.75) is 39.0 Å². The van der Waals surface area contributed by atoms with Crippen molar-refractivity contribution in [2.75, 3.05) is 7.11 Å². The van der Waals surface area contributed by atoms with Gasteiger partial charge in [0.1, 0.15) is 11.5 Å². The maximum Gasteiger partial charge on any atom is 0.165 e. The molecule has 2 saturated carbocycles. The molecule has 3 nitrogen and oxygen atoms in total. The Bertz CT molecular complexity index is 627. The molecule has 3 heteroatoms. The van der Waals surface area contributed by atoms with E-state index in [0.29, 0.717) is 12.8 Å². The summed E-state index contributed by atoms with van der Waals surface area (Å²) in [5, 5.41) is 0. The van der Waals surface area contributed by atoms with Crippen molar-refractivity contribution in [3.8, 4) is 5.75 Å². The van der Waals surface area contributed by atoms with Gasteiger partial charge in [-0.2, -0.15) is 0 Å².